The lowest BCUT2D eigenvalue weighted by Gasteiger charge is -2.26. The number of rotatable bonds is 8. The van der Waals surface area contributed by atoms with Gasteiger partial charge in [0.1, 0.15) is 4.99 Å². The third-order valence-corrected chi connectivity index (χ3v) is 3.99. The Morgan fingerprint density at radius 2 is 2.00 bits per heavy atom. The molecule has 3 nitrogen and oxygen atoms in total. The highest BCUT2D eigenvalue weighted by Crippen LogP contribution is 2.26. The summed E-state index contributed by atoms with van der Waals surface area (Å²) in [7, 11) is 0. The number of thiocarbonyl (C=S) groups is 1. The van der Waals surface area contributed by atoms with Gasteiger partial charge in [0.05, 0.1) is 5.56 Å². The molecule has 0 saturated heterocycles. The number of pyridine rings is 1. The zero-order valence-corrected chi connectivity index (χ0v) is 14.9. The highest BCUT2D eigenvalue weighted by molar-refractivity contribution is 7.80. The molecule has 0 unspecified atom stereocenters. The minimum atomic E-state index is 0.258. The van der Waals surface area contributed by atoms with Crippen LogP contribution in [0.1, 0.15) is 63.4 Å². The Balaban J connectivity index is 2.81. The molecule has 0 spiro atoms. The van der Waals surface area contributed by atoms with Gasteiger partial charge in [0.2, 0.25) is 0 Å². The maximum Gasteiger partial charge on any atom is 0.107 e. The second-order valence-electron chi connectivity index (χ2n) is 6.61. The van der Waals surface area contributed by atoms with Crippen LogP contribution in [0.2, 0.25) is 0 Å². The van der Waals surface area contributed by atoms with E-state index in [1.807, 2.05) is 19.9 Å². The van der Waals surface area contributed by atoms with Crippen molar-refractivity contribution < 1.29 is 0 Å². The minimum Gasteiger partial charge on any atom is -0.389 e. The van der Waals surface area contributed by atoms with Crippen molar-refractivity contribution >= 4 is 22.9 Å². The predicted molar refractivity (Wildman–Crippen MR) is 96.0 cm³/mol. The van der Waals surface area contributed by atoms with Gasteiger partial charge in [-0.2, -0.15) is 0 Å². The SMILES string of the molecule is CCCCCC(C)(C)CNc1cc(C)nc(C)c1C(N)=S. The van der Waals surface area contributed by atoms with Crippen molar-refractivity contribution in [2.75, 3.05) is 11.9 Å². The summed E-state index contributed by atoms with van der Waals surface area (Å²) in [5, 5.41) is 3.54. The van der Waals surface area contributed by atoms with Crippen molar-refractivity contribution in [3.8, 4) is 0 Å². The molecule has 1 aromatic heterocycles. The van der Waals surface area contributed by atoms with E-state index in [9.17, 15) is 0 Å². The molecule has 0 aliphatic carbocycles. The van der Waals surface area contributed by atoms with E-state index < -0.39 is 0 Å². The molecule has 1 rings (SSSR count). The van der Waals surface area contributed by atoms with Gasteiger partial charge >= 0.3 is 0 Å². The summed E-state index contributed by atoms with van der Waals surface area (Å²) in [6, 6.07) is 2.03. The highest BCUT2D eigenvalue weighted by Gasteiger charge is 2.19. The third-order valence-electron chi connectivity index (χ3n) is 3.79. The lowest BCUT2D eigenvalue weighted by molar-refractivity contribution is 0.342. The molecule has 0 amide bonds. The van der Waals surface area contributed by atoms with Crippen molar-refractivity contribution in [1.29, 1.82) is 0 Å². The Labute approximate surface area is 134 Å². The number of hydrogen-bond donors (Lipinski definition) is 2. The standard InChI is InChI=1S/C17H29N3S/c1-6-7-8-9-17(4,5)11-19-14-10-12(2)20-13(3)15(14)16(18)21/h10H,6-9,11H2,1-5H3,(H2,18,21)(H,19,20). The Morgan fingerprint density at radius 1 is 1.33 bits per heavy atom. The van der Waals surface area contributed by atoms with Crippen molar-refractivity contribution in [1.82, 2.24) is 4.98 Å². The molecule has 21 heavy (non-hydrogen) atoms. The third kappa shape index (κ3) is 5.62. The summed E-state index contributed by atoms with van der Waals surface area (Å²) in [6.45, 7) is 11.7. The number of unbranched alkanes of at least 4 members (excludes halogenated alkanes) is 2. The number of aryl methyl sites for hydroxylation is 2. The molecule has 0 aliphatic heterocycles. The smallest absolute Gasteiger partial charge is 0.107 e. The first-order valence-corrected chi connectivity index (χ1v) is 8.19. The summed E-state index contributed by atoms with van der Waals surface area (Å²) in [5.41, 5.74) is 9.88. The van der Waals surface area contributed by atoms with E-state index in [-0.39, 0.29) is 5.41 Å². The molecule has 0 radical (unpaired) electrons. The maximum atomic E-state index is 5.85. The van der Waals surface area contributed by atoms with Crippen molar-refractivity contribution in [3.63, 3.8) is 0 Å². The van der Waals surface area contributed by atoms with Crippen LogP contribution in [0.5, 0.6) is 0 Å². The molecule has 0 saturated carbocycles. The van der Waals surface area contributed by atoms with E-state index >= 15 is 0 Å². The van der Waals surface area contributed by atoms with Crippen LogP contribution in [-0.4, -0.2) is 16.5 Å². The number of nitrogens with two attached hydrogens (primary N) is 1. The van der Waals surface area contributed by atoms with E-state index in [1.165, 1.54) is 25.7 Å². The van der Waals surface area contributed by atoms with Gasteiger partial charge in [-0.3, -0.25) is 4.98 Å². The largest absolute Gasteiger partial charge is 0.389 e. The van der Waals surface area contributed by atoms with Crippen LogP contribution in [-0.2, 0) is 0 Å². The first-order valence-electron chi connectivity index (χ1n) is 7.79. The van der Waals surface area contributed by atoms with Crippen LogP contribution >= 0.6 is 12.2 Å². The Morgan fingerprint density at radius 3 is 2.57 bits per heavy atom. The quantitative estimate of drug-likeness (QED) is 0.554. The van der Waals surface area contributed by atoms with Gasteiger partial charge in [-0.15, -0.1) is 0 Å². The zero-order valence-electron chi connectivity index (χ0n) is 14.0. The van der Waals surface area contributed by atoms with Crippen molar-refractivity contribution in [2.24, 2.45) is 11.1 Å². The maximum absolute atomic E-state index is 5.85. The lowest BCUT2D eigenvalue weighted by Crippen LogP contribution is -2.25. The second-order valence-corrected chi connectivity index (χ2v) is 7.05. The topological polar surface area (TPSA) is 50.9 Å². The van der Waals surface area contributed by atoms with E-state index in [2.05, 4.69) is 31.1 Å². The summed E-state index contributed by atoms with van der Waals surface area (Å²) < 4.78 is 0. The molecule has 1 aromatic rings. The normalized spacial score (nSPS) is 11.5. The fraction of sp³-hybridized carbons (Fsp3) is 0.647. The molecule has 3 N–H and O–H groups in total. The van der Waals surface area contributed by atoms with E-state index in [4.69, 9.17) is 18.0 Å². The van der Waals surface area contributed by atoms with Gasteiger partial charge in [0.25, 0.3) is 0 Å². The summed E-state index contributed by atoms with van der Waals surface area (Å²) in [5.74, 6) is 0. The van der Waals surface area contributed by atoms with Crippen LogP contribution in [0.25, 0.3) is 0 Å². The molecule has 0 fully saturated rings. The fourth-order valence-electron chi connectivity index (χ4n) is 2.56. The number of nitrogens with one attached hydrogen (secondary N) is 1. The van der Waals surface area contributed by atoms with Crippen LogP contribution in [0.3, 0.4) is 0 Å². The van der Waals surface area contributed by atoms with Gasteiger partial charge in [-0.25, -0.2) is 0 Å². The van der Waals surface area contributed by atoms with Gasteiger partial charge in [0.15, 0.2) is 0 Å². The first-order chi connectivity index (χ1) is 9.76. The fourth-order valence-corrected chi connectivity index (χ4v) is 2.81. The molecule has 0 aliphatic rings. The van der Waals surface area contributed by atoms with Crippen molar-refractivity contribution in [2.45, 2.75) is 60.3 Å². The average Bonchev–Trinajstić information content (AvgIpc) is 2.35. The Kier molecular flexibility index (Phi) is 6.59. The summed E-state index contributed by atoms with van der Waals surface area (Å²) in [4.78, 5) is 4.86. The second kappa shape index (κ2) is 7.74. The summed E-state index contributed by atoms with van der Waals surface area (Å²) in [6.07, 6.45) is 5.06. The average molecular weight is 308 g/mol. The Bertz CT molecular complexity index is 495. The molecule has 4 heteroatoms. The summed E-state index contributed by atoms with van der Waals surface area (Å²) >= 11 is 5.17. The number of aromatic nitrogens is 1. The first kappa shape index (κ1) is 17.9. The number of hydrogen-bond acceptors (Lipinski definition) is 3. The molecular formula is C17H29N3S. The number of anilines is 1. The van der Waals surface area contributed by atoms with E-state index in [1.54, 1.807) is 0 Å². The van der Waals surface area contributed by atoms with Crippen LogP contribution in [0.4, 0.5) is 5.69 Å². The van der Waals surface area contributed by atoms with E-state index in [0.717, 1.165) is 29.2 Å². The molecular weight excluding hydrogens is 278 g/mol. The van der Waals surface area contributed by atoms with Gasteiger partial charge in [-0.1, -0.05) is 52.3 Å². The highest BCUT2D eigenvalue weighted by atomic mass is 32.1. The van der Waals surface area contributed by atoms with Crippen LogP contribution in [0.15, 0.2) is 6.07 Å². The molecule has 118 valence electrons. The van der Waals surface area contributed by atoms with Gasteiger partial charge < -0.3 is 11.1 Å². The molecule has 0 atom stereocenters. The minimum absolute atomic E-state index is 0.258. The molecule has 0 bridgehead atoms. The van der Waals surface area contributed by atoms with Gasteiger partial charge in [0, 0.05) is 23.6 Å². The lowest BCUT2D eigenvalue weighted by atomic mass is 9.86. The molecule has 0 aromatic carbocycles. The zero-order chi connectivity index (χ0) is 16.0. The van der Waals surface area contributed by atoms with Crippen molar-refractivity contribution in [3.05, 3.63) is 23.0 Å². The Hall–Kier alpha value is -1.16. The van der Waals surface area contributed by atoms with E-state index in [0.29, 0.717) is 4.99 Å². The monoisotopic (exact) mass is 307 g/mol. The molecule has 1 heterocycles. The predicted octanol–water partition coefficient (Wildman–Crippen LogP) is 4.35. The number of nitrogens with zero attached hydrogens (tertiary/aromatic N) is 1. The van der Waals surface area contributed by atoms with Crippen LogP contribution < -0.4 is 11.1 Å². The van der Waals surface area contributed by atoms with Gasteiger partial charge in [-0.05, 0) is 31.7 Å². The van der Waals surface area contributed by atoms with Crippen LogP contribution in [0, 0.1) is 19.3 Å².